The molecule has 0 unspecified atom stereocenters. The fraction of sp³-hybridized carbons (Fsp3) is 0.200. The van der Waals surface area contributed by atoms with Crippen molar-refractivity contribution in [2.45, 2.75) is 0 Å². The van der Waals surface area contributed by atoms with Gasteiger partial charge in [0.05, 0.1) is 5.69 Å². The standard InChI is InChI=1S/C10H10F2N2O4/c11-5-1-2-6(13)10(9(5)12)14-7(15)3-18-4-8(16)17/h1-2H,3-4,13H2,(H,14,15)(H,16,17). The molecule has 98 valence electrons. The zero-order valence-electron chi connectivity index (χ0n) is 9.07. The molecule has 0 aliphatic heterocycles. The summed E-state index contributed by atoms with van der Waals surface area (Å²) in [5.41, 5.74) is 4.71. The predicted molar refractivity (Wildman–Crippen MR) is 57.9 cm³/mol. The maximum absolute atomic E-state index is 13.3. The minimum atomic E-state index is -1.29. The summed E-state index contributed by atoms with van der Waals surface area (Å²) in [6.07, 6.45) is 0. The topological polar surface area (TPSA) is 102 Å². The number of amides is 1. The summed E-state index contributed by atoms with van der Waals surface area (Å²) in [5.74, 6) is -4.54. The van der Waals surface area contributed by atoms with Gasteiger partial charge < -0.3 is 20.9 Å². The number of benzene rings is 1. The van der Waals surface area contributed by atoms with Crippen molar-refractivity contribution < 1.29 is 28.2 Å². The second-order valence-electron chi connectivity index (χ2n) is 3.26. The minimum absolute atomic E-state index is 0.152. The number of carboxylic acids is 1. The van der Waals surface area contributed by atoms with Crippen molar-refractivity contribution >= 4 is 23.3 Å². The Bertz CT molecular complexity index is 479. The van der Waals surface area contributed by atoms with Crippen molar-refractivity contribution in [2.24, 2.45) is 0 Å². The second-order valence-corrected chi connectivity index (χ2v) is 3.26. The van der Waals surface area contributed by atoms with Crippen LogP contribution in [0.4, 0.5) is 20.2 Å². The zero-order valence-corrected chi connectivity index (χ0v) is 9.07. The van der Waals surface area contributed by atoms with Gasteiger partial charge in [-0.3, -0.25) is 4.79 Å². The number of ether oxygens (including phenoxy) is 1. The van der Waals surface area contributed by atoms with Gasteiger partial charge in [0.15, 0.2) is 11.6 Å². The molecule has 1 amide bonds. The molecule has 1 aromatic carbocycles. The van der Waals surface area contributed by atoms with Gasteiger partial charge in [0.2, 0.25) is 0 Å². The first kappa shape index (κ1) is 13.8. The number of nitrogens with one attached hydrogen (secondary N) is 1. The lowest BCUT2D eigenvalue weighted by atomic mass is 10.2. The Morgan fingerprint density at radius 2 is 2.00 bits per heavy atom. The highest BCUT2D eigenvalue weighted by atomic mass is 19.2. The molecule has 0 bridgehead atoms. The summed E-state index contributed by atoms with van der Waals surface area (Å²) < 4.78 is 30.6. The normalized spacial score (nSPS) is 10.1. The Morgan fingerprint density at radius 3 is 2.61 bits per heavy atom. The molecule has 4 N–H and O–H groups in total. The maximum Gasteiger partial charge on any atom is 0.329 e. The number of rotatable bonds is 5. The molecule has 0 fully saturated rings. The van der Waals surface area contributed by atoms with E-state index in [9.17, 15) is 18.4 Å². The van der Waals surface area contributed by atoms with Crippen molar-refractivity contribution in [2.75, 3.05) is 24.3 Å². The van der Waals surface area contributed by atoms with Gasteiger partial charge >= 0.3 is 5.97 Å². The third-order valence-corrected chi connectivity index (χ3v) is 1.85. The number of nitrogens with two attached hydrogens (primary N) is 1. The molecule has 0 saturated heterocycles. The quantitative estimate of drug-likeness (QED) is 0.672. The number of aliphatic carboxylic acids is 1. The number of carbonyl (C=O) groups is 2. The van der Waals surface area contributed by atoms with Gasteiger partial charge in [-0.25, -0.2) is 13.6 Å². The first-order valence-electron chi connectivity index (χ1n) is 4.74. The van der Waals surface area contributed by atoms with E-state index in [0.29, 0.717) is 0 Å². The van der Waals surface area contributed by atoms with Crippen molar-refractivity contribution in [3.63, 3.8) is 0 Å². The number of hydrogen-bond acceptors (Lipinski definition) is 4. The molecule has 8 heteroatoms. The number of anilines is 2. The summed E-state index contributed by atoms with van der Waals surface area (Å²) in [6, 6.07) is 1.91. The number of hydrogen-bond donors (Lipinski definition) is 3. The smallest absolute Gasteiger partial charge is 0.329 e. The molecular weight excluding hydrogens is 250 g/mol. The molecule has 0 atom stereocenters. The highest BCUT2D eigenvalue weighted by Gasteiger charge is 2.14. The van der Waals surface area contributed by atoms with Crippen LogP contribution in [0, 0.1) is 11.6 Å². The Kier molecular flexibility index (Phi) is 4.55. The van der Waals surface area contributed by atoms with E-state index in [4.69, 9.17) is 10.8 Å². The molecule has 6 nitrogen and oxygen atoms in total. The number of carboxylic acid groups (broad SMARTS) is 1. The average molecular weight is 260 g/mol. The van der Waals surface area contributed by atoms with Crippen LogP contribution in [0.25, 0.3) is 0 Å². The summed E-state index contributed by atoms with van der Waals surface area (Å²) in [5, 5.41) is 10.3. The molecule has 0 aliphatic carbocycles. The van der Waals surface area contributed by atoms with Gasteiger partial charge in [-0.05, 0) is 12.1 Å². The molecule has 0 spiro atoms. The van der Waals surface area contributed by atoms with Gasteiger partial charge in [0, 0.05) is 0 Å². The van der Waals surface area contributed by atoms with E-state index in [-0.39, 0.29) is 5.69 Å². The van der Waals surface area contributed by atoms with E-state index in [1.807, 2.05) is 5.32 Å². The summed E-state index contributed by atoms with van der Waals surface area (Å²) in [6.45, 7) is -1.28. The maximum atomic E-state index is 13.3. The van der Waals surface area contributed by atoms with E-state index in [2.05, 4.69) is 4.74 Å². The number of halogens is 2. The van der Waals surface area contributed by atoms with Gasteiger partial charge in [0.1, 0.15) is 18.9 Å². The van der Waals surface area contributed by atoms with Crippen LogP contribution in [0.2, 0.25) is 0 Å². The van der Waals surface area contributed by atoms with E-state index in [0.717, 1.165) is 12.1 Å². The molecule has 1 rings (SSSR count). The van der Waals surface area contributed by atoms with Crippen LogP contribution in [0.1, 0.15) is 0 Å². The van der Waals surface area contributed by atoms with Crippen LogP contribution in [0.5, 0.6) is 0 Å². The Balaban J connectivity index is 2.65. The van der Waals surface area contributed by atoms with Crippen molar-refractivity contribution in [3.8, 4) is 0 Å². The highest BCUT2D eigenvalue weighted by molar-refractivity contribution is 5.94. The molecular formula is C10H10F2N2O4. The van der Waals surface area contributed by atoms with E-state index in [1.54, 1.807) is 0 Å². The molecule has 0 radical (unpaired) electrons. The first-order valence-corrected chi connectivity index (χ1v) is 4.74. The van der Waals surface area contributed by atoms with Crippen molar-refractivity contribution in [3.05, 3.63) is 23.8 Å². The van der Waals surface area contributed by atoms with Crippen LogP contribution in [0.15, 0.2) is 12.1 Å². The summed E-state index contributed by atoms with van der Waals surface area (Å²) in [7, 11) is 0. The number of nitrogen functional groups attached to an aromatic ring is 1. The largest absolute Gasteiger partial charge is 0.480 e. The van der Waals surface area contributed by atoms with Crippen molar-refractivity contribution in [1.82, 2.24) is 0 Å². The average Bonchev–Trinajstić information content (AvgIpc) is 2.29. The highest BCUT2D eigenvalue weighted by Crippen LogP contribution is 2.24. The van der Waals surface area contributed by atoms with Crippen LogP contribution in [0.3, 0.4) is 0 Å². The van der Waals surface area contributed by atoms with E-state index in [1.165, 1.54) is 0 Å². The summed E-state index contributed by atoms with van der Waals surface area (Å²) in [4.78, 5) is 21.3. The van der Waals surface area contributed by atoms with Crippen LogP contribution >= 0.6 is 0 Å². The Labute approximate surface area is 100 Å². The third-order valence-electron chi connectivity index (χ3n) is 1.85. The van der Waals surface area contributed by atoms with E-state index < -0.39 is 42.4 Å². The van der Waals surface area contributed by atoms with Crippen LogP contribution in [-0.4, -0.2) is 30.2 Å². The van der Waals surface area contributed by atoms with Gasteiger partial charge in [-0.1, -0.05) is 0 Å². The lowest BCUT2D eigenvalue weighted by Crippen LogP contribution is -2.22. The third kappa shape index (κ3) is 3.67. The van der Waals surface area contributed by atoms with Gasteiger partial charge in [0.25, 0.3) is 5.91 Å². The lowest BCUT2D eigenvalue weighted by Gasteiger charge is -2.09. The molecule has 0 aromatic heterocycles. The minimum Gasteiger partial charge on any atom is -0.480 e. The lowest BCUT2D eigenvalue weighted by molar-refractivity contribution is -0.143. The van der Waals surface area contributed by atoms with E-state index >= 15 is 0 Å². The van der Waals surface area contributed by atoms with Gasteiger partial charge in [-0.15, -0.1) is 0 Å². The Hall–Kier alpha value is -2.22. The SMILES string of the molecule is Nc1ccc(F)c(F)c1NC(=O)COCC(=O)O. The monoisotopic (exact) mass is 260 g/mol. The van der Waals surface area contributed by atoms with Crippen LogP contribution < -0.4 is 11.1 Å². The fourth-order valence-electron chi connectivity index (χ4n) is 1.10. The molecule has 18 heavy (non-hydrogen) atoms. The first-order chi connectivity index (χ1) is 8.41. The second kappa shape index (κ2) is 5.92. The van der Waals surface area contributed by atoms with Gasteiger partial charge in [-0.2, -0.15) is 0 Å². The molecule has 1 aromatic rings. The molecule has 0 aliphatic rings. The zero-order chi connectivity index (χ0) is 13.7. The number of carbonyl (C=O) groups excluding carboxylic acids is 1. The fourth-order valence-corrected chi connectivity index (χ4v) is 1.10. The summed E-state index contributed by atoms with van der Waals surface area (Å²) >= 11 is 0. The molecule has 0 heterocycles. The van der Waals surface area contributed by atoms with Crippen LogP contribution in [-0.2, 0) is 14.3 Å². The predicted octanol–water partition coefficient (Wildman–Crippen LogP) is 0.587. The molecule has 0 saturated carbocycles. The Morgan fingerprint density at radius 1 is 1.33 bits per heavy atom. The van der Waals surface area contributed by atoms with Crippen molar-refractivity contribution in [1.29, 1.82) is 0 Å².